The normalized spacial score (nSPS) is 11.0. The highest BCUT2D eigenvalue weighted by Gasteiger charge is 2.19. The zero-order valence-electron chi connectivity index (χ0n) is 13.1. The van der Waals surface area contributed by atoms with Gasteiger partial charge in [0.2, 0.25) is 5.88 Å². The van der Waals surface area contributed by atoms with Crippen LogP contribution in [0.4, 0.5) is 5.82 Å². The van der Waals surface area contributed by atoms with Crippen molar-refractivity contribution < 1.29 is 4.74 Å². The first kappa shape index (κ1) is 15.2. The number of hydrazine groups is 1. The van der Waals surface area contributed by atoms with Gasteiger partial charge >= 0.3 is 0 Å². The number of hydrogen-bond acceptors (Lipinski definition) is 6. The number of hydrogen-bond donors (Lipinski definition) is 2. The summed E-state index contributed by atoms with van der Waals surface area (Å²) in [6, 6.07) is 1.86. The Kier molecular flexibility index (Phi) is 4.42. The Morgan fingerprint density at radius 3 is 2.67 bits per heavy atom. The van der Waals surface area contributed by atoms with Crippen LogP contribution in [0.3, 0.4) is 0 Å². The zero-order chi connectivity index (χ0) is 15.6. The summed E-state index contributed by atoms with van der Waals surface area (Å²) in [5, 5.41) is 4.36. The third-order valence-electron chi connectivity index (χ3n) is 3.13. The minimum absolute atomic E-state index is 0.496. The molecule has 2 aromatic heterocycles. The number of nitrogens with one attached hydrogen (secondary N) is 1. The van der Waals surface area contributed by atoms with Crippen molar-refractivity contribution >= 4 is 5.82 Å². The van der Waals surface area contributed by atoms with Crippen molar-refractivity contribution in [2.45, 2.75) is 27.2 Å². The highest BCUT2D eigenvalue weighted by atomic mass is 16.5. The van der Waals surface area contributed by atoms with Crippen LogP contribution in [0.1, 0.15) is 25.2 Å². The first-order valence-corrected chi connectivity index (χ1v) is 6.88. The molecule has 0 saturated heterocycles. The SMILES string of the molecule is COc1c(-c2nc(CC(C)C)cc(NN)n2)c(C)nn1C. The molecular weight excluding hydrogens is 268 g/mol. The monoisotopic (exact) mass is 290 g/mol. The van der Waals surface area contributed by atoms with Crippen molar-refractivity contribution in [3.05, 3.63) is 17.5 Å². The molecule has 7 nitrogen and oxygen atoms in total. The largest absolute Gasteiger partial charge is 0.481 e. The van der Waals surface area contributed by atoms with Crippen LogP contribution in [0.25, 0.3) is 11.4 Å². The number of aromatic nitrogens is 4. The number of aryl methyl sites for hydroxylation is 2. The number of anilines is 1. The topological polar surface area (TPSA) is 90.9 Å². The molecule has 0 radical (unpaired) electrons. The molecule has 114 valence electrons. The molecule has 7 heteroatoms. The van der Waals surface area contributed by atoms with E-state index in [1.807, 2.05) is 20.0 Å². The lowest BCUT2D eigenvalue weighted by Crippen LogP contribution is -2.11. The van der Waals surface area contributed by atoms with Crippen LogP contribution in [0.2, 0.25) is 0 Å². The predicted octanol–water partition coefficient (Wildman–Crippen LogP) is 1.68. The molecule has 0 spiro atoms. The number of rotatable bonds is 5. The minimum atomic E-state index is 0.496. The summed E-state index contributed by atoms with van der Waals surface area (Å²) in [7, 11) is 3.44. The average molecular weight is 290 g/mol. The fourth-order valence-corrected chi connectivity index (χ4v) is 2.33. The minimum Gasteiger partial charge on any atom is -0.481 e. The van der Waals surface area contributed by atoms with Gasteiger partial charge in [0, 0.05) is 18.8 Å². The molecule has 2 aromatic rings. The molecule has 0 aromatic carbocycles. The van der Waals surface area contributed by atoms with Gasteiger partial charge in [-0.05, 0) is 19.3 Å². The maximum absolute atomic E-state index is 5.52. The van der Waals surface area contributed by atoms with Gasteiger partial charge in [0.15, 0.2) is 5.82 Å². The highest BCUT2D eigenvalue weighted by molar-refractivity contribution is 5.66. The number of nitrogens with two attached hydrogens (primary N) is 1. The smallest absolute Gasteiger partial charge is 0.222 e. The van der Waals surface area contributed by atoms with Crippen LogP contribution in [-0.4, -0.2) is 26.9 Å². The Morgan fingerprint density at radius 2 is 2.10 bits per heavy atom. The van der Waals surface area contributed by atoms with Crippen LogP contribution in [0, 0.1) is 12.8 Å². The van der Waals surface area contributed by atoms with E-state index in [4.69, 9.17) is 10.6 Å². The molecule has 0 amide bonds. The van der Waals surface area contributed by atoms with E-state index >= 15 is 0 Å². The molecule has 0 bridgehead atoms. The van der Waals surface area contributed by atoms with Gasteiger partial charge in [0.25, 0.3) is 0 Å². The van der Waals surface area contributed by atoms with Crippen LogP contribution < -0.4 is 16.0 Å². The molecule has 0 saturated carbocycles. The Hall–Kier alpha value is -2.15. The predicted molar refractivity (Wildman–Crippen MR) is 81.9 cm³/mol. The highest BCUT2D eigenvalue weighted by Crippen LogP contribution is 2.31. The number of ether oxygens (including phenoxy) is 1. The molecule has 0 atom stereocenters. The van der Waals surface area contributed by atoms with E-state index in [2.05, 4.69) is 34.3 Å². The summed E-state index contributed by atoms with van der Waals surface area (Å²) >= 11 is 0. The van der Waals surface area contributed by atoms with Crippen molar-refractivity contribution in [3.63, 3.8) is 0 Å². The molecule has 2 heterocycles. The molecule has 0 aliphatic carbocycles. The molecule has 0 aliphatic rings. The van der Waals surface area contributed by atoms with Gasteiger partial charge in [-0.1, -0.05) is 13.8 Å². The maximum atomic E-state index is 5.52. The Bertz CT molecular complexity index is 635. The van der Waals surface area contributed by atoms with E-state index in [-0.39, 0.29) is 0 Å². The molecular formula is C14H22N6O. The van der Waals surface area contributed by atoms with E-state index in [0.29, 0.717) is 23.4 Å². The lowest BCUT2D eigenvalue weighted by Gasteiger charge is -2.10. The van der Waals surface area contributed by atoms with Gasteiger partial charge in [0.05, 0.1) is 12.8 Å². The van der Waals surface area contributed by atoms with Crippen LogP contribution >= 0.6 is 0 Å². The van der Waals surface area contributed by atoms with Crippen molar-refractivity contribution in [2.75, 3.05) is 12.5 Å². The molecule has 3 N–H and O–H groups in total. The van der Waals surface area contributed by atoms with E-state index in [0.717, 1.165) is 23.4 Å². The molecule has 2 rings (SSSR count). The molecule has 0 aliphatic heterocycles. The second kappa shape index (κ2) is 6.09. The fourth-order valence-electron chi connectivity index (χ4n) is 2.33. The summed E-state index contributed by atoms with van der Waals surface area (Å²) in [6.45, 7) is 6.20. The van der Waals surface area contributed by atoms with Gasteiger partial charge in [-0.15, -0.1) is 0 Å². The van der Waals surface area contributed by atoms with Gasteiger partial charge in [-0.3, -0.25) is 0 Å². The summed E-state index contributed by atoms with van der Waals surface area (Å²) in [5.74, 6) is 7.81. The summed E-state index contributed by atoms with van der Waals surface area (Å²) in [4.78, 5) is 9.07. The quantitative estimate of drug-likeness (QED) is 0.643. The Morgan fingerprint density at radius 1 is 1.38 bits per heavy atom. The number of methoxy groups -OCH3 is 1. The molecule has 0 fully saturated rings. The summed E-state index contributed by atoms with van der Waals surface area (Å²) in [5.41, 5.74) is 5.15. The maximum Gasteiger partial charge on any atom is 0.222 e. The third-order valence-corrected chi connectivity index (χ3v) is 3.13. The average Bonchev–Trinajstić information content (AvgIpc) is 2.71. The fraction of sp³-hybridized carbons (Fsp3) is 0.500. The van der Waals surface area contributed by atoms with E-state index in [1.165, 1.54) is 0 Å². The summed E-state index contributed by atoms with van der Waals surface area (Å²) < 4.78 is 7.09. The van der Waals surface area contributed by atoms with Crippen molar-refractivity contribution in [1.29, 1.82) is 0 Å². The lowest BCUT2D eigenvalue weighted by atomic mass is 10.1. The van der Waals surface area contributed by atoms with E-state index in [9.17, 15) is 0 Å². The number of nitrogens with zero attached hydrogens (tertiary/aromatic N) is 4. The van der Waals surface area contributed by atoms with Crippen LogP contribution in [0.5, 0.6) is 5.88 Å². The first-order chi connectivity index (χ1) is 9.96. The van der Waals surface area contributed by atoms with Gasteiger partial charge < -0.3 is 10.2 Å². The lowest BCUT2D eigenvalue weighted by molar-refractivity contribution is 0.374. The van der Waals surface area contributed by atoms with E-state index < -0.39 is 0 Å². The summed E-state index contributed by atoms with van der Waals surface area (Å²) in [6.07, 6.45) is 0.853. The Balaban J connectivity index is 2.57. The Labute approximate surface area is 124 Å². The van der Waals surface area contributed by atoms with Gasteiger partial charge in [-0.25, -0.2) is 20.5 Å². The first-order valence-electron chi connectivity index (χ1n) is 6.88. The van der Waals surface area contributed by atoms with Gasteiger partial charge in [-0.2, -0.15) is 5.10 Å². The second-order valence-electron chi connectivity index (χ2n) is 5.40. The van der Waals surface area contributed by atoms with E-state index in [1.54, 1.807) is 11.8 Å². The molecule has 0 unspecified atom stereocenters. The standard InChI is InChI=1S/C14H22N6O/c1-8(2)6-10-7-11(18-15)17-13(16-10)12-9(3)19-20(4)14(12)21-5/h7-8H,6,15H2,1-5H3,(H,16,17,18). The molecule has 21 heavy (non-hydrogen) atoms. The van der Waals surface area contributed by atoms with Crippen LogP contribution in [-0.2, 0) is 13.5 Å². The number of nitrogen functional groups attached to an aromatic ring is 1. The van der Waals surface area contributed by atoms with Crippen LogP contribution in [0.15, 0.2) is 6.07 Å². The van der Waals surface area contributed by atoms with Crippen molar-refractivity contribution in [1.82, 2.24) is 19.7 Å². The van der Waals surface area contributed by atoms with Crippen molar-refractivity contribution in [2.24, 2.45) is 18.8 Å². The third kappa shape index (κ3) is 3.13. The second-order valence-corrected chi connectivity index (χ2v) is 5.40. The van der Waals surface area contributed by atoms with Crippen molar-refractivity contribution in [3.8, 4) is 17.3 Å². The zero-order valence-corrected chi connectivity index (χ0v) is 13.1. The van der Waals surface area contributed by atoms with Gasteiger partial charge in [0.1, 0.15) is 11.4 Å².